The first-order valence-corrected chi connectivity index (χ1v) is 6.58. The monoisotopic (exact) mass is 300 g/mol. The van der Waals surface area contributed by atoms with Gasteiger partial charge in [-0.15, -0.1) is 0 Å². The number of ether oxygens (including phenoxy) is 1. The first-order chi connectivity index (χ1) is 8.33. The standard InChI is InChI=1S/C9H18NO2.CH5N.H2O4S/c1-8(2)9(11)12-7-6-10(3,4)5;1-2;1-5(2,3)4/h1,6-7H2,2-5H3;2H2,1H3;(H2,1,2,3,4)/q+1;;/p-1. The van der Waals surface area contributed by atoms with Crippen molar-refractivity contribution in [3.63, 3.8) is 0 Å². The second-order valence-corrected chi connectivity index (χ2v) is 5.21. The molecule has 0 aromatic carbocycles. The van der Waals surface area contributed by atoms with Gasteiger partial charge >= 0.3 is 5.97 Å². The molecule has 116 valence electrons. The fourth-order valence-corrected chi connectivity index (χ4v) is 0.535. The summed E-state index contributed by atoms with van der Waals surface area (Å²) in [6, 6.07) is 0. The number of carbonyl (C=O) groups excluding carboxylic acids is 1. The Kier molecular flexibility index (Phi) is 13.2. The van der Waals surface area contributed by atoms with Crippen LogP contribution in [0.4, 0.5) is 0 Å². The van der Waals surface area contributed by atoms with Crippen LogP contribution in [0.15, 0.2) is 12.2 Å². The van der Waals surface area contributed by atoms with Crippen molar-refractivity contribution in [2.24, 2.45) is 5.73 Å². The van der Waals surface area contributed by atoms with Crippen molar-refractivity contribution >= 4 is 16.4 Å². The maximum Gasteiger partial charge on any atom is 0.333 e. The Bertz CT molecular complexity index is 351. The predicted octanol–water partition coefficient (Wildman–Crippen LogP) is -0.609. The van der Waals surface area contributed by atoms with Crippen LogP contribution in [0.2, 0.25) is 0 Å². The molecule has 0 unspecified atom stereocenters. The summed E-state index contributed by atoms with van der Waals surface area (Å²) in [6.07, 6.45) is 0. The molecule has 0 aliphatic carbocycles. The zero-order valence-electron chi connectivity index (χ0n) is 12.0. The quantitative estimate of drug-likeness (QED) is 0.233. The van der Waals surface area contributed by atoms with Crippen LogP contribution < -0.4 is 5.73 Å². The molecule has 0 rings (SSSR count). The molecule has 0 aliphatic rings. The number of carbonyl (C=O) groups is 1. The van der Waals surface area contributed by atoms with Crippen LogP contribution in [-0.2, 0) is 19.9 Å². The van der Waals surface area contributed by atoms with Crippen molar-refractivity contribution in [1.82, 2.24) is 0 Å². The Hall–Kier alpha value is -1.00. The fourth-order valence-electron chi connectivity index (χ4n) is 0.535. The maximum absolute atomic E-state index is 10.9. The van der Waals surface area contributed by atoms with Crippen LogP contribution in [0.5, 0.6) is 0 Å². The van der Waals surface area contributed by atoms with Gasteiger partial charge in [-0.25, -0.2) is 13.2 Å². The van der Waals surface area contributed by atoms with Crippen LogP contribution in [0.1, 0.15) is 6.92 Å². The molecule has 0 radical (unpaired) electrons. The minimum atomic E-state index is -4.92. The molecule has 0 amide bonds. The lowest BCUT2D eigenvalue weighted by molar-refractivity contribution is -0.870. The van der Waals surface area contributed by atoms with Crippen molar-refractivity contribution in [3.8, 4) is 0 Å². The molecular weight excluding hydrogens is 276 g/mol. The highest BCUT2D eigenvalue weighted by molar-refractivity contribution is 7.79. The molecule has 19 heavy (non-hydrogen) atoms. The third-order valence-corrected chi connectivity index (χ3v) is 1.34. The molecule has 3 N–H and O–H groups in total. The Labute approximate surface area is 115 Å². The summed E-state index contributed by atoms with van der Waals surface area (Å²) in [4.78, 5) is 10.9. The van der Waals surface area contributed by atoms with Crippen LogP contribution >= 0.6 is 0 Å². The molecule has 8 nitrogen and oxygen atoms in total. The highest BCUT2D eigenvalue weighted by atomic mass is 32.3. The van der Waals surface area contributed by atoms with Crippen LogP contribution in [0.25, 0.3) is 0 Å². The number of rotatable bonds is 4. The lowest BCUT2D eigenvalue weighted by Crippen LogP contribution is -2.38. The third kappa shape index (κ3) is 38.2. The topological polar surface area (TPSA) is 130 Å². The van der Waals surface area contributed by atoms with Gasteiger partial charge in [0, 0.05) is 5.57 Å². The molecule has 9 heteroatoms. The zero-order valence-corrected chi connectivity index (χ0v) is 12.9. The van der Waals surface area contributed by atoms with Gasteiger partial charge in [-0.05, 0) is 14.0 Å². The summed E-state index contributed by atoms with van der Waals surface area (Å²) in [5.74, 6) is -0.302. The number of esters is 1. The lowest BCUT2D eigenvalue weighted by Gasteiger charge is -2.23. The van der Waals surface area contributed by atoms with Gasteiger partial charge in [-0.3, -0.25) is 4.55 Å². The largest absolute Gasteiger partial charge is 0.726 e. The molecule has 0 saturated carbocycles. The van der Waals surface area contributed by atoms with Crippen LogP contribution in [0.3, 0.4) is 0 Å². The van der Waals surface area contributed by atoms with Gasteiger partial charge in [0.15, 0.2) is 0 Å². The van der Waals surface area contributed by atoms with E-state index in [1.165, 1.54) is 7.05 Å². The van der Waals surface area contributed by atoms with Crippen molar-refractivity contribution in [2.45, 2.75) is 6.92 Å². The van der Waals surface area contributed by atoms with Crippen LogP contribution in [0, 0.1) is 0 Å². The van der Waals surface area contributed by atoms with Gasteiger partial charge in [0.1, 0.15) is 13.2 Å². The molecular formula is C10H24N2O6S. The Morgan fingerprint density at radius 2 is 1.68 bits per heavy atom. The van der Waals surface area contributed by atoms with Gasteiger partial charge in [0.25, 0.3) is 0 Å². The summed E-state index contributed by atoms with van der Waals surface area (Å²) < 4.78 is 38.6. The highest BCUT2D eigenvalue weighted by Gasteiger charge is 2.09. The Morgan fingerprint density at radius 1 is 1.37 bits per heavy atom. The second kappa shape index (κ2) is 10.9. The summed E-state index contributed by atoms with van der Waals surface area (Å²) in [7, 11) is 2.73. The molecule has 0 bridgehead atoms. The molecule has 0 aromatic rings. The summed E-state index contributed by atoms with van der Waals surface area (Å²) >= 11 is 0. The van der Waals surface area contributed by atoms with E-state index >= 15 is 0 Å². The maximum atomic E-state index is 10.9. The van der Waals surface area contributed by atoms with Gasteiger partial charge < -0.3 is 19.5 Å². The minimum Gasteiger partial charge on any atom is -0.726 e. The molecule has 0 aliphatic heterocycles. The highest BCUT2D eigenvalue weighted by Crippen LogP contribution is 1.94. The number of hydrogen-bond acceptors (Lipinski definition) is 6. The van der Waals surface area contributed by atoms with E-state index in [2.05, 4.69) is 33.5 Å². The van der Waals surface area contributed by atoms with E-state index < -0.39 is 10.4 Å². The average molecular weight is 300 g/mol. The molecule has 0 heterocycles. The van der Waals surface area contributed by atoms with E-state index in [9.17, 15) is 4.79 Å². The van der Waals surface area contributed by atoms with Crippen molar-refractivity contribution in [1.29, 1.82) is 0 Å². The number of likely N-dealkylation sites (N-methyl/N-ethyl adjacent to an activating group) is 1. The number of nitrogens with zero attached hydrogens (tertiary/aromatic N) is 1. The first-order valence-electron chi connectivity index (χ1n) is 5.22. The summed E-state index contributed by atoms with van der Waals surface area (Å²) in [5.41, 5.74) is 4.96. The summed E-state index contributed by atoms with van der Waals surface area (Å²) in [5, 5.41) is 0. The molecule has 0 aromatic heterocycles. The number of quaternary nitrogens is 1. The summed E-state index contributed by atoms with van der Waals surface area (Å²) in [6.45, 7) is 6.41. The van der Waals surface area contributed by atoms with Crippen molar-refractivity contribution in [3.05, 3.63) is 12.2 Å². The van der Waals surface area contributed by atoms with Crippen molar-refractivity contribution < 1.29 is 31.5 Å². The lowest BCUT2D eigenvalue weighted by atomic mass is 10.4. The smallest absolute Gasteiger partial charge is 0.333 e. The van der Waals surface area contributed by atoms with E-state index in [0.717, 1.165) is 11.0 Å². The first kappa shape index (κ1) is 23.1. The van der Waals surface area contributed by atoms with Gasteiger partial charge in [0.2, 0.25) is 10.4 Å². The van der Waals surface area contributed by atoms with E-state index in [1.54, 1.807) is 6.92 Å². The van der Waals surface area contributed by atoms with Gasteiger partial charge in [-0.1, -0.05) is 6.58 Å². The van der Waals surface area contributed by atoms with Crippen molar-refractivity contribution in [2.75, 3.05) is 41.3 Å². The molecule has 0 saturated heterocycles. The Balaban J connectivity index is -0.000000307. The van der Waals surface area contributed by atoms with E-state index in [4.69, 9.17) is 22.3 Å². The van der Waals surface area contributed by atoms with Crippen LogP contribution in [-0.4, -0.2) is 69.3 Å². The molecule has 0 spiro atoms. The number of nitrogens with two attached hydrogens (primary N) is 1. The molecule has 0 fully saturated rings. The van der Waals surface area contributed by atoms with E-state index in [1.807, 2.05) is 0 Å². The second-order valence-electron chi connectivity index (χ2n) is 4.36. The van der Waals surface area contributed by atoms with E-state index in [0.29, 0.717) is 12.2 Å². The number of hydrogen-bond donors (Lipinski definition) is 2. The third-order valence-electron chi connectivity index (χ3n) is 1.34. The fraction of sp³-hybridized carbons (Fsp3) is 0.700. The average Bonchev–Trinajstić information content (AvgIpc) is 2.16. The Morgan fingerprint density at radius 3 is 1.89 bits per heavy atom. The van der Waals surface area contributed by atoms with E-state index in [-0.39, 0.29) is 5.97 Å². The van der Waals surface area contributed by atoms with Gasteiger partial charge in [-0.2, -0.15) is 0 Å². The predicted molar refractivity (Wildman–Crippen MR) is 71.1 cm³/mol. The normalized spacial score (nSPS) is 10.3. The SMILES string of the molecule is C=C(C)C(=O)OCC[N+](C)(C)C.CN.O=S(=O)([O-])O. The zero-order chi connectivity index (χ0) is 16.3. The molecule has 0 atom stereocenters. The van der Waals surface area contributed by atoms with Gasteiger partial charge in [0.05, 0.1) is 21.1 Å². The minimum absolute atomic E-state index is 0.302.